The number of aromatic nitrogens is 1. The average Bonchev–Trinajstić information content (AvgIpc) is 2.40. The van der Waals surface area contributed by atoms with Crippen LogP contribution in [0.3, 0.4) is 0 Å². The molecule has 0 aliphatic carbocycles. The lowest BCUT2D eigenvalue weighted by Gasteiger charge is -2.29. The predicted molar refractivity (Wildman–Crippen MR) is 67.7 cm³/mol. The monoisotopic (exact) mass is 230 g/mol. The number of hydrogen-bond donors (Lipinski definition) is 0. The molecule has 0 spiro atoms. The van der Waals surface area contributed by atoms with Gasteiger partial charge in [0, 0.05) is 42.8 Å². The van der Waals surface area contributed by atoms with Crippen LogP contribution in [0.1, 0.15) is 36.5 Å². The quantitative estimate of drug-likeness (QED) is 0.591. The van der Waals surface area contributed by atoms with Gasteiger partial charge in [-0.15, -0.1) is 0 Å². The Morgan fingerprint density at radius 3 is 2.76 bits per heavy atom. The third kappa shape index (κ3) is 3.16. The molecule has 3 nitrogen and oxygen atoms in total. The van der Waals surface area contributed by atoms with Crippen LogP contribution in [0.4, 0.5) is 0 Å². The molecule has 0 radical (unpaired) electrons. The summed E-state index contributed by atoms with van der Waals surface area (Å²) in [5, 5.41) is 0. The summed E-state index contributed by atoms with van der Waals surface area (Å²) in [6, 6.07) is 3.59. The van der Waals surface area contributed by atoms with E-state index in [1.54, 1.807) is 30.6 Å². The number of carbonyl (C=O) groups excluding carboxylic acids is 1. The van der Waals surface area contributed by atoms with Gasteiger partial charge in [-0.2, -0.15) is 0 Å². The Kier molecular flexibility index (Phi) is 3.91. The first-order chi connectivity index (χ1) is 8.27. The van der Waals surface area contributed by atoms with Crippen LogP contribution in [0.25, 0.3) is 0 Å². The molecule has 17 heavy (non-hydrogen) atoms. The molecule has 1 aliphatic rings. The highest BCUT2D eigenvalue weighted by Crippen LogP contribution is 2.14. The zero-order valence-electron chi connectivity index (χ0n) is 10.2. The molecule has 1 aliphatic heterocycles. The molecule has 0 unspecified atom stereocenters. The van der Waals surface area contributed by atoms with Gasteiger partial charge in [0.15, 0.2) is 5.78 Å². The first-order valence-corrected chi connectivity index (χ1v) is 6.15. The Hall–Kier alpha value is -1.64. The van der Waals surface area contributed by atoms with E-state index >= 15 is 0 Å². The standard InChI is InChI=1S/C14H18N2O/c1-12(16-8-3-2-4-9-16)10-14(17)13-6-5-7-15-11-13/h5-7,10-11H,2-4,8-9H2,1H3. The van der Waals surface area contributed by atoms with Crippen LogP contribution in [0.5, 0.6) is 0 Å². The van der Waals surface area contributed by atoms with Crippen molar-refractivity contribution in [1.82, 2.24) is 9.88 Å². The molecule has 1 fully saturated rings. The largest absolute Gasteiger partial charge is 0.375 e. The molecule has 2 heterocycles. The summed E-state index contributed by atoms with van der Waals surface area (Å²) in [4.78, 5) is 18.2. The number of carbonyl (C=O) groups is 1. The number of nitrogens with zero attached hydrogens (tertiary/aromatic N) is 2. The summed E-state index contributed by atoms with van der Waals surface area (Å²) in [6.45, 7) is 4.16. The van der Waals surface area contributed by atoms with Crippen molar-refractivity contribution < 1.29 is 4.79 Å². The van der Waals surface area contributed by atoms with E-state index in [2.05, 4.69) is 9.88 Å². The molecule has 0 atom stereocenters. The highest BCUT2D eigenvalue weighted by molar-refractivity contribution is 6.04. The second-order valence-corrected chi connectivity index (χ2v) is 4.44. The smallest absolute Gasteiger partial charge is 0.189 e. The van der Waals surface area contributed by atoms with E-state index in [4.69, 9.17) is 0 Å². The van der Waals surface area contributed by atoms with Gasteiger partial charge < -0.3 is 4.90 Å². The lowest BCUT2D eigenvalue weighted by Crippen LogP contribution is -2.28. The third-order valence-electron chi connectivity index (χ3n) is 3.14. The van der Waals surface area contributed by atoms with Gasteiger partial charge in [-0.1, -0.05) is 0 Å². The zero-order chi connectivity index (χ0) is 12.1. The maximum absolute atomic E-state index is 12.0. The molecular weight excluding hydrogens is 212 g/mol. The zero-order valence-corrected chi connectivity index (χ0v) is 10.2. The second-order valence-electron chi connectivity index (χ2n) is 4.44. The molecule has 3 heteroatoms. The number of likely N-dealkylation sites (tertiary alicyclic amines) is 1. The van der Waals surface area contributed by atoms with Crippen molar-refractivity contribution in [3.05, 3.63) is 41.9 Å². The van der Waals surface area contributed by atoms with Crippen molar-refractivity contribution in [2.75, 3.05) is 13.1 Å². The van der Waals surface area contributed by atoms with Gasteiger partial charge >= 0.3 is 0 Å². The molecule has 0 saturated carbocycles. The molecule has 0 bridgehead atoms. The van der Waals surface area contributed by atoms with Crippen molar-refractivity contribution in [1.29, 1.82) is 0 Å². The van der Waals surface area contributed by atoms with E-state index in [1.165, 1.54) is 19.3 Å². The lowest BCUT2D eigenvalue weighted by atomic mass is 10.1. The fraction of sp³-hybridized carbons (Fsp3) is 0.429. The molecule has 1 aromatic rings. The minimum Gasteiger partial charge on any atom is -0.375 e. The van der Waals surface area contributed by atoms with Crippen LogP contribution in [-0.2, 0) is 0 Å². The average molecular weight is 230 g/mol. The fourth-order valence-corrected chi connectivity index (χ4v) is 2.12. The maximum atomic E-state index is 12.0. The number of allylic oxidation sites excluding steroid dienone is 2. The van der Waals surface area contributed by atoms with E-state index in [9.17, 15) is 4.79 Å². The first-order valence-electron chi connectivity index (χ1n) is 6.15. The Labute approximate surface area is 102 Å². The van der Waals surface area contributed by atoms with Crippen LogP contribution in [0.2, 0.25) is 0 Å². The number of hydrogen-bond acceptors (Lipinski definition) is 3. The van der Waals surface area contributed by atoms with Crippen LogP contribution in [-0.4, -0.2) is 28.8 Å². The normalized spacial score (nSPS) is 17.0. The fourth-order valence-electron chi connectivity index (χ4n) is 2.12. The molecule has 2 rings (SSSR count). The molecular formula is C14H18N2O. The Morgan fingerprint density at radius 1 is 1.35 bits per heavy atom. The minimum absolute atomic E-state index is 0.0428. The van der Waals surface area contributed by atoms with Crippen molar-refractivity contribution in [2.24, 2.45) is 0 Å². The number of piperidine rings is 1. The molecule has 90 valence electrons. The topological polar surface area (TPSA) is 33.2 Å². The highest BCUT2D eigenvalue weighted by Gasteiger charge is 2.11. The lowest BCUT2D eigenvalue weighted by molar-refractivity contribution is 0.104. The van der Waals surface area contributed by atoms with E-state index < -0.39 is 0 Å². The molecule has 0 aromatic carbocycles. The van der Waals surface area contributed by atoms with E-state index in [0.717, 1.165) is 18.8 Å². The summed E-state index contributed by atoms with van der Waals surface area (Å²) in [5.74, 6) is 0.0428. The second kappa shape index (κ2) is 5.62. The third-order valence-corrected chi connectivity index (χ3v) is 3.14. The number of ketones is 1. The number of rotatable bonds is 3. The van der Waals surface area contributed by atoms with Crippen LogP contribution in [0, 0.1) is 0 Å². The maximum Gasteiger partial charge on any atom is 0.189 e. The van der Waals surface area contributed by atoms with Crippen molar-refractivity contribution >= 4 is 5.78 Å². The van der Waals surface area contributed by atoms with Gasteiger partial charge in [0.2, 0.25) is 0 Å². The SMILES string of the molecule is CC(=CC(=O)c1cccnc1)N1CCCCC1. The van der Waals surface area contributed by atoms with E-state index in [1.807, 2.05) is 6.92 Å². The Bertz CT molecular complexity index is 405. The highest BCUT2D eigenvalue weighted by atomic mass is 16.1. The van der Waals surface area contributed by atoms with Crippen molar-refractivity contribution in [3.8, 4) is 0 Å². The molecule has 0 N–H and O–H groups in total. The van der Waals surface area contributed by atoms with Gasteiger partial charge in [0.05, 0.1) is 0 Å². The molecule has 0 amide bonds. The summed E-state index contributed by atoms with van der Waals surface area (Å²) >= 11 is 0. The van der Waals surface area contributed by atoms with Gasteiger partial charge in [0.1, 0.15) is 0 Å². The summed E-state index contributed by atoms with van der Waals surface area (Å²) in [5.41, 5.74) is 1.72. The summed E-state index contributed by atoms with van der Waals surface area (Å²) in [6.07, 6.45) is 8.78. The van der Waals surface area contributed by atoms with Crippen molar-refractivity contribution in [3.63, 3.8) is 0 Å². The van der Waals surface area contributed by atoms with Crippen LogP contribution < -0.4 is 0 Å². The van der Waals surface area contributed by atoms with Crippen LogP contribution in [0.15, 0.2) is 36.3 Å². The summed E-state index contributed by atoms with van der Waals surface area (Å²) in [7, 11) is 0. The molecule has 1 saturated heterocycles. The first kappa shape index (κ1) is 11.8. The van der Waals surface area contributed by atoms with Crippen LogP contribution >= 0.6 is 0 Å². The van der Waals surface area contributed by atoms with E-state index in [0.29, 0.717) is 5.56 Å². The minimum atomic E-state index is 0.0428. The predicted octanol–water partition coefficient (Wildman–Crippen LogP) is 2.65. The van der Waals surface area contributed by atoms with Gasteiger partial charge in [-0.3, -0.25) is 9.78 Å². The molecule has 1 aromatic heterocycles. The number of pyridine rings is 1. The van der Waals surface area contributed by atoms with E-state index in [-0.39, 0.29) is 5.78 Å². The summed E-state index contributed by atoms with van der Waals surface area (Å²) < 4.78 is 0. The van der Waals surface area contributed by atoms with Gasteiger partial charge in [-0.25, -0.2) is 0 Å². The Balaban J connectivity index is 2.05. The van der Waals surface area contributed by atoms with Crippen molar-refractivity contribution in [2.45, 2.75) is 26.2 Å². The van der Waals surface area contributed by atoms with Gasteiger partial charge in [0.25, 0.3) is 0 Å². The Morgan fingerprint density at radius 2 is 2.12 bits per heavy atom. The van der Waals surface area contributed by atoms with Gasteiger partial charge in [-0.05, 0) is 38.3 Å².